The Kier molecular flexibility index (Phi) is 2.42. The zero-order valence-electron chi connectivity index (χ0n) is 8.52. The number of carbonyl (C=O) groups is 1. The van der Waals surface area contributed by atoms with Crippen molar-refractivity contribution in [3.8, 4) is 0 Å². The minimum absolute atomic E-state index is 0.151. The van der Waals surface area contributed by atoms with Crippen molar-refractivity contribution in [1.82, 2.24) is 0 Å². The first kappa shape index (κ1) is 10.2. The molecule has 0 aliphatic heterocycles. The average Bonchev–Trinajstić information content (AvgIpc) is 2.89. The predicted octanol–water partition coefficient (Wildman–Crippen LogP) is 4.56. The largest absolute Gasteiger partial charge is 0.288 e. The highest BCUT2D eigenvalue weighted by Gasteiger charge is 2.14. The zero-order chi connectivity index (χ0) is 11.1. The lowest BCUT2D eigenvalue weighted by molar-refractivity contribution is 0.104. The number of hydrogen-bond acceptors (Lipinski definition) is 4. The van der Waals surface area contributed by atoms with Crippen LogP contribution in [0.15, 0.2) is 29.0 Å². The summed E-state index contributed by atoms with van der Waals surface area (Å²) in [6.45, 7) is 2.02. The Labute approximate surface area is 105 Å². The van der Waals surface area contributed by atoms with Crippen LogP contribution in [0.1, 0.15) is 20.1 Å². The highest BCUT2D eigenvalue weighted by Crippen LogP contribution is 2.31. The van der Waals surface area contributed by atoms with Gasteiger partial charge in [0, 0.05) is 25.2 Å². The molecule has 0 saturated heterocycles. The van der Waals surface area contributed by atoms with Gasteiger partial charge in [-0.3, -0.25) is 4.79 Å². The van der Waals surface area contributed by atoms with Gasteiger partial charge in [-0.05, 0) is 30.5 Å². The molecule has 80 valence electrons. The summed E-state index contributed by atoms with van der Waals surface area (Å²) in [4.78, 5) is 14.2. The topological polar surface area (TPSA) is 17.1 Å². The Balaban J connectivity index is 2.04. The number of ketones is 1. The van der Waals surface area contributed by atoms with E-state index in [1.165, 1.54) is 14.3 Å². The van der Waals surface area contributed by atoms with E-state index in [0.717, 1.165) is 10.4 Å². The minimum Gasteiger partial charge on any atom is -0.288 e. The number of rotatable bonds is 2. The first-order valence-corrected chi connectivity index (χ1v) is 7.38. The van der Waals surface area contributed by atoms with Crippen LogP contribution in [-0.4, -0.2) is 5.78 Å². The van der Waals surface area contributed by atoms with E-state index in [2.05, 4.69) is 11.4 Å². The molecule has 0 radical (unpaired) electrons. The summed E-state index contributed by atoms with van der Waals surface area (Å²) in [5, 5.41) is 4.00. The van der Waals surface area contributed by atoms with Crippen LogP contribution in [0.4, 0.5) is 0 Å². The van der Waals surface area contributed by atoms with Crippen LogP contribution in [0.25, 0.3) is 9.40 Å². The second kappa shape index (κ2) is 3.80. The molecule has 0 spiro atoms. The van der Waals surface area contributed by atoms with E-state index in [-0.39, 0.29) is 5.78 Å². The van der Waals surface area contributed by atoms with Crippen molar-refractivity contribution in [3.63, 3.8) is 0 Å². The van der Waals surface area contributed by atoms with Crippen LogP contribution >= 0.6 is 34.0 Å². The van der Waals surface area contributed by atoms with Gasteiger partial charge in [0.2, 0.25) is 5.78 Å². The molecule has 4 heteroatoms. The van der Waals surface area contributed by atoms with Gasteiger partial charge >= 0.3 is 0 Å². The summed E-state index contributed by atoms with van der Waals surface area (Å²) in [7, 11) is 0. The van der Waals surface area contributed by atoms with Gasteiger partial charge in [-0.25, -0.2) is 0 Å². The fourth-order valence-corrected chi connectivity index (χ4v) is 4.34. The van der Waals surface area contributed by atoms with Crippen molar-refractivity contribution in [3.05, 3.63) is 44.3 Å². The van der Waals surface area contributed by atoms with Gasteiger partial charge in [0.05, 0.1) is 4.88 Å². The maximum absolute atomic E-state index is 12.1. The van der Waals surface area contributed by atoms with E-state index < -0.39 is 0 Å². The molecule has 3 aromatic rings. The molecule has 3 heterocycles. The molecule has 0 unspecified atom stereocenters. The smallest absolute Gasteiger partial charge is 0.203 e. The molecule has 0 amide bonds. The van der Waals surface area contributed by atoms with E-state index in [9.17, 15) is 4.79 Å². The molecule has 1 nitrogen and oxygen atoms in total. The third-order valence-corrected chi connectivity index (χ3v) is 5.31. The summed E-state index contributed by atoms with van der Waals surface area (Å²) in [6, 6.07) is 6.03. The Morgan fingerprint density at radius 2 is 2.06 bits per heavy atom. The predicted molar refractivity (Wildman–Crippen MR) is 72.2 cm³/mol. The first-order valence-electron chi connectivity index (χ1n) is 4.81. The monoisotopic (exact) mass is 264 g/mol. The number of carbonyl (C=O) groups excluding carboxylic acids is 1. The van der Waals surface area contributed by atoms with E-state index in [1.807, 2.05) is 24.4 Å². The molecule has 0 N–H and O–H groups in total. The third kappa shape index (κ3) is 1.63. The van der Waals surface area contributed by atoms with Crippen molar-refractivity contribution in [2.75, 3.05) is 0 Å². The summed E-state index contributed by atoms with van der Waals surface area (Å²) in [5.74, 6) is 0.151. The highest BCUT2D eigenvalue weighted by atomic mass is 32.1. The summed E-state index contributed by atoms with van der Waals surface area (Å²) in [5.41, 5.74) is 0.816. The van der Waals surface area contributed by atoms with Crippen molar-refractivity contribution < 1.29 is 4.79 Å². The van der Waals surface area contributed by atoms with Gasteiger partial charge < -0.3 is 0 Å². The fourth-order valence-electron chi connectivity index (χ4n) is 1.58. The molecule has 0 aromatic carbocycles. The Bertz CT molecular complexity index is 628. The van der Waals surface area contributed by atoms with Gasteiger partial charge in [-0.2, -0.15) is 0 Å². The lowest BCUT2D eigenvalue weighted by atomic mass is 10.2. The molecule has 0 aliphatic rings. The molecule has 3 aromatic heterocycles. The quantitative estimate of drug-likeness (QED) is 0.620. The number of thiophene rings is 3. The van der Waals surface area contributed by atoms with Crippen LogP contribution in [0.2, 0.25) is 0 Å². The standard InChI is InChI=1S/C12H8OS3/c1-7-4-8(6-15-7)12(13)11-5-10-9(16-11)2-3-14-10/h2-6H,1H3. The number of aryl methyl sites for hydroxylation is 1. The molecule has 0 aliphatic carbocycles. The van der Waals surface area contributed by atoms with Gasteiger partial charge in [0.15, 0.2) is 0 Å². The van der Waals surface area contributed by atoms with Crippen molar-refractivity contribution in [2.24, 2.45) is 0 Å². The molecule has 3 rings (SSSR count). The van der Waals surface area contributed by atoms with Gasteiger partial charge in [-0.1, -0.05) is 0 Å². The normalized spacial score (nSPS) is 11.1. The maximum atomic E-state index is 12.1. The zero-order valence-corrected chi connectivity index (χ0v) is 11.0. The van der Waals surface area contributed by atoms with E-state index >= 15 is 0 Å². The van der Waals surface area contributed by atoms with Crippen LogP contribution in [0.5, 0.6) is 0 Å². The maximum Gasteiger partial charge on any atom is 0.203 e. The molecular weight excluding hydrogens is 256 g/mol. The second-order valence-electron chi connectivity index (χ2n) is 3.53. The van der Waals surface area contributed by atoms with Crippen LogP contribution in [0, 0.1) is 6.92 Å². The summed E-state index contributed by atoms with van der Waals surface area (Å²) >= 11 is 4.89. The Morgan fingerprint density at radius 3 is 2.75 bits per heavy atom. The van der Waals surface area contributed by atoms with Crippen molar-refractivity contribution in [1.29, 1.82) is 0 Å². The van der Waals surface area contributed by atoms with Crippen LogP contribution in [-0.2, 0) is 0 Å². The molecule has 0 saturated carbocycles. The lowest BCUT2D eigenvalue weighted by Crippen LogP contribution is -1.95. The Morgan fingerprint density at radius 1 is 1.19 bits per heavy atom. The van der Waals surface area contributed by atoms with Crippen LogP contribution < -0.4 is 0 Å². The molecule has 0 atom stereocenters. The average molecular weight is 264 g/mol. The highest BCUT2D eigenvalue weighted by molar-refractivity contribution is 7.28. The lowest BCUT2D eigenvalue weighted by Gasteiger charge is -1.91. The third-order valence-electron chi connectivity index (χ3n) is 2.36. The van der Waals surface area contributed by atoms with Crippen molar-refractivity contribution >= 4 is 49.2 Å². The van der Waals surface area contributed by atoms with E-state index in [1.54, 1.807) is 34.0 Å². The summed E-state index contributed by atoms with van der Waals surface area (Å²) in [6.07, 6.45) is 0. The molecule has 0 bridgehead atoms. The first-order chi connectivity index (χ1) is 7.74. The number of fused-ring (bicyclic) bond motifs is 1. The van der Waals surface area contributed by atoms with E-state index in [4.69, 9.17) is 0 Å². The molecular formula is C12H8OS3. The van der Waals surface area contributed by atoms with Crippen LogP contribution in [0.3, 0.4) is 0 Å². The Hall–Kier alpha value is -0.970. The van der Waals surface area contributed by atoms with Crippen molar-refractivity contribution in [2.45, 2.75) is 6.92 Å². The number of hydrogen-bond donors (Lipinski definition) is 0. The minimum atomic E-state index is 0.151. The molecule has 0 fully saturated rings. The molecule has 16 heavy (non-hydrogen) atoms. The van der Waals surface area contributed by atoms with Gasteiger partial charge in [0.25, 0.3) is 0 Å². The SMILES string of the molecule is Cc1cc(C(=O)c2cc3sccc3s2)cs1. The van der Waals surface area contributed by atoms with E-state index in [0.29, 0.717) is 0 Å². The van der Waals surface area contributed by atoms with Gasteiger partial charge in [-0.15, -0.1) is 34.0 Å². The van der Waals surface area contributed by atoms with Gasteiger partial charge in [0.1, 0.15) is 0 Å². The second-order valence-corrected chi connectivity index (χ2v) is 6.68. The summed E-state index contributed by atoms with van der Waals surface area (Å²) < 4.78 is 2.42. The fraction of sp³-hybridized carbons (Fsp3) is 0.0833.